The van der Waals surface area contributed by atoms with E-state index >= 15 is 0 Å². The predicted molar refractivity (Wildman–Crippen MR) is 135 cm³/mol. The van der Waals surface area contributed by atoms with Gasteiger partial charge in [0.15, 0.2) is 10.2 Å². The Morgan fingerprint density at radius 2 is 0.967 bits per heavy atom. The molecule has 0 aliphatic heterocycles. The number of hydrogen-bond acceptors (Lipinski definition) is 2. The molecule has 4 N–H and O–H groups in total. The van der Waals surface area contributed by atoms with E-state index in [-0.39, 0.29) is 0 Å². The second-order valence-corrected chi connectivity index (χ2v) is 7.88. The summed E-state index contributed by atoms with van der Waals surface area (Å²) in [6.45, 7) is 5.44. The van der Waals surface area contributed by atoms with Crippen molar-refractivity contribution in [3.05, 3.63) is 95.1 Å². The van der Waals surface area contributed by atoms with Gasteiger partial charge >= 0.3 is 0 Å². The highest BCUT2D eigenvalue weighted by molar-refractivity contribution is 7.80. The van der Waals surface area contributed by atoms with Gasteiger partial charge in [0.1, 0.15) is 0 Å². The third-order valence-corrected chi connectivity index (χ3v) is 5.21. The smallest absolute Gasteiger partial charge is 0.171 e. The number of nitrogens with one attached hydrogen (secondary N) is 4. The first-order valence-corrected chi connectivity index (χ1v) is 10.6. The lowest BCUT2D eigenvalue weighted by atomic mass is 10.1. The second kappa shape index (κ2) is 10.7. The molecular weight excluding hydrogens is 408 g/mol. The van der Waals surface area contributed by atoms with Gasteiger partial charge < -0.3 is 21.3 Å². The summed E-state index contributed by atoms with van der Waals surface area (Å²) >= 11 is 10.8. The Bertz CT molecular complexity index is 933. The molecule has 0 saturated carbocycles. The van der Waals surface area contributed by atoms with Crippen LogP contribution in [0.1, 0.15) is 22.3 Å². The minimum atomic E-state index is 0.614. The molecule has 4 nitrogen and oxygen atoms in total. The fourth-order valence-electron chi connectivity index (χ4n) is 2.90. The van der Waals surface area contributed by atoms with Gasteiger partial charge in [0, 0.05) is 24.5 Å². The Morgan fingerprint density at radius 3 is 1.33 bits per heavy atom. The average molecular weight is 435 g/mol. The van der Waals surface area contributed by atoms with E-state index in [4.69, 9.17) is 24.4 Å². The fourth-order valence-corrected chi connectivity index (χ4v) is 3.26. The molecule has 0 radical (unpaired) electrons. The van der Waals surface area contributed by atoms with Crippen molar-refractivity contribution in [1.29, 1.82) is 0 Å². The van der Waals surface area contributed by atoms with Crippen LogP contribution in [0.3, 0.4) is 0 Å². The molecule has 0 fully saturated rings. The molecule has 0 aliphatic rings. The quantitative estimate of drug-likeness (QED) is 0.396. The second-order valence-electron chi connectivity index (χ2n) is 7.06. The van der Waals surface area contributed by atoms with E-state index in [2.05, 4.69) is 71.5 Å². The monoisotopic (exact) mass is 434 g/mol. The highest BCUT2D eigenvalue weighted by Gasteiger charge is 2.03. The number of anilines is 2. The van der Waals surface area contributed by atoms with E-state index in [0.717, 1.165) is 33.6 Å². The molecule has 30 heavy (non-hydrogen) atoms. The van der Waals surface area contributed by atoms with Crippen LogP contribution in [0.4, 0.5) is 11.4 Å². The van der Waals surface area contributed by atoms with E-state index in [9.17, 15) is 0 Å². The van der Waals surface area contributed by atoms with Gasteiger partial charge in [-0.15, -0.1) is 0 Å². The Kier molecular flexibility index (Phi) is 7.76. The lowest BCUT2D eigenvalue weighted by Crippen LogP contribution is -2.28. The molecule has 0 aliphatic carbocycles. The number of benzene rings is 3. The van der Waals surface area contributed by atoms with Gasteiger partial charge in [-0.25, -0.2) is 0 Å². The van der Waals surface area contributed by atoms with E-state index in [1.165, 1.54) is 0 Å². The van der Waals surface area contributed by atoms with Crippen LogP contribution < -0.4 is 21.3 Å². The van der Waals surface area contributed by atoms with E-state index < -0.39 is 0 Å². The van der Waals surface area contributed by atoms with Crippen LogP contribution in [-0.4, -0.2) is 10.2 Å². The minimum Gasteiger partial charge on any atom is -0.358 e. The largest absolute Gasteiger partial charge is 0.358 e. The van der Waals surface area contributed by atoms with Gasteiger partial charge in [-0.3, -0.25) is 0 Å². The first kappa shape index (κ1) is 21.7. The van der Waals surface area contributed by atoms with Gasteiger partial charge in [0.05, 0.1) is 0 Å². The summed E-state index contributed by atoms with van der Waals surface area (Å²) in [7, 11) is 0. The maximum Gasteiger partial charge on any atom is 0.171 e. The zero-order chi connectivity index (χ0) is 21.3. The van der Waals surface area contributed by atoms with Gasteiger partial charge in [0.2, 0.25) is 0 Å². The lowest BCUT2D eigenvalue weighted by molar-refractivity contribution is 0.905. The minimum absolute atomic E-state index is 0.614. The summed E-state index contributed by atoms with van der Waals surface area (Å²) in [5.74, 6) is 0. The number of para-hydroxylation sites is 2. The van der Waals surface area contributed by atoms with Crippen molar-refractivity contribution in [2.45, 2.75) is 26.9 Å². The summed E-state index contributed by atoms with van der Waals surface area (Å²) < 4.78 is 0. The molecule has 0 spiro atoms. The number of thiocarbonyl (C=S) groups is 2. The fraction of sp³-hybridized carbons (Fsp3) is 0.167. The summed E-state index contributed by atoms with van der Waals surface area (Å²) in [6, 6.07) is 24.5. The highest BCUT2D eigenvalue weighted by Crippen LogP contribution is 2.14. The number of hydrogen-bond donors (Lipinski definition) is 4. The molecule has 0 aromatic heterocycles. The molecular formula is C24H26N4S2. The summed E-state index contributed by atoms with van der Waals surface area (Å²) in [5.41, 5.74) is 6.68. The molecule has 3 aromatic carbocycles. The molecule has 6 heteroatoms. The van der Waals surface area contributed by atoms with E-state index in [0.29, 0.717) is 23.3 Å². The Labute approximate surface area is 189 Å². The van der Waals surface area contributed by atoms with Crippen LogP contribution in [0.5, 0.6) is 0 Å². The molecule has 0 unspecified atom stereocenters. The molecule has 0 bridgehead atoms. The van der Waals surface area contributed by atoms with E-state index in [1.54, 1.807) is 0 Å². The zero-order valence-electron chi connectivity index (χ0n) is 17.2. The van der Waals surface area contributed by atoms with Crippen molar-refractivity contribution in [2.75, 3.05) is 10.6 Å². The Balaban J connectivity index is 1.43. The van der Waals surface area contributed by atoms with Crippen molar-refractivity contribution in [3.8, 4) is 0 Å². The standard InChI is InChI=1S/C24H26N4S2/c1-17-7-3-5-9-21(17)27-23(29)25-15-19-11-13-20(14-12-19)16-26-24(30)28-22-10-6-4-8-18(22)2/h3-14H,15-16H2,1-2H3,(H2,25,27,29)(H2,26,28,30). The summed E-state index contributed by atoms with van der Waals surface area (Å²) in [4.78, 5) is 0. The van der Waals surface area contributed by atoms with Crippen molar-refractivity contribution < 1.29 is 0 Å². The van der Waals surface area contributed by atoms with Crippen LogP contribution >= 0.6 is 24.4 Å². The average Bonchev–Trinajstić information content (AvgIpc) is 2.75. The molecule has 3 aromatic rings. The maximum atomic E-state index is 5.40. The van der Waals surface area contributed by atoms with Gasteiger partial charge in [-0.2, -0.15) is 0 Å². The van der Waals surface area contributed by atoms with Crippen LogP contribution in [0.25, 0.3) is 0 Å². The molecule has 0 atom stereocenters. The summed E-state index contributed by atoms with van der Waals surface area (Å²) in [6.07, 6.45) is 0. The topological polar surface area (TPSA) is 48.1 Å². The first-order chi connectivity index (χ1) is 14.5. The molecule has 0 saturated heterocycles. The molecule has 154 valence electrons. The zero-order valence-corrected chi connectivity index (χ0v) is 18.8. The van der Waals surface area contributed by atoms with Gasteiger partial charge in [0.25, 0.3) is 0 Å². The van der Waals surface area contributed by atoms with Crippen LogP contribution in [0, 0.1) is 13.8 Å². The number of rotatable bonds is 6. The first-order valence-electron chi connectivity index (χ1n) is 9.80. The summed E-state index contributed by atoms with van der Waals surface area (Å²) in [5, 5.41) is 14.2. The maximum absolute atomic E-state index is 5.40. The van der Waals surface area contributed by atoms with Crippen LogP contribution in [-0.2, 0) is 13.1 Å². The van der Waals surface area contributed by atoms with E-state index in [1.807, 2.05) is 36.4 Å². The van der Waals surface area contributed by atoms with Gasteiger partial charge in [-0.05, 0) is 72.7 Å². The van der Waals surface area contributed by atoms with Crippen LogP contribution in [0.2, 0.25) is 0 Å². The van der Waals surface area contributed by atoms with Crippen molar-refractivity contribution in [1.82, 2.24) is 10.6 Å². The molecule has 0 heterocycles. The third kappa shape index (κ3) is 6.54. The SMILES string of the molecule is Cc1ccccc1NC(=S)NCc1ccc(CNC(=S)Nc2ccccc2C)cc1. The predicted octanol–water partition coefficient (Wildman–Crippen LogP) is 5.28. The lowest BCUT2D eigenvalue weighted by Gasteiger charge is -2.13. The Morgan fingerprint density at radius 1 is 0.600 bits per heavy atom. The van der Waals surface area contributed by atoms with Crippen LogP contribution in [0.15, 0.2) is 72.8 Å². The van der Waals surface area contributed by atoms with Crippen molar-refractivity contribution in [2.24, 2.45) is 0 Å². The number of aryl methyl sites for hydroxylation is 2. The highest BCUT2D eigenvalue weighted by atomic mass is 32.1. The molecule has 3 rings (SSSR count). The normalized spacial score (nSPS) is 10.2. The van der Waals surface area contributed by atoms with Crippen molar-refractivity contribution >= 4 is 46.0 Å². The van der Waals surface area contributed by atoms with Gasteiger partial charge in [-0.1, -0.05) is 60.7 Å². The Hall–Kier alpha value is -2.96. The third-order valence-electron chi connectivity index (χ3n) is 4.72. The van der Waals surface area contributed by atoms with Crippen molar-refractivity contribution in [3.63, 3.8) is 0 Å². The molecule has 0 amide bonds.